The minimum atomic E-state index is -0.326. The zero-order chi connectivity index (χ0) is 22.0. The third-order valence-corrected chi connectivity index (χ3v) is 6.00. The van der Waals surface area contributed by atoms with Crippen LogP contribution < -0.4 is 10.2 Å². The van der Waals surface area contributed by atoms with Gasteiger partial charge < -0.3 is 15.1 Å². The second-order valence-electron chi connectivity index (χ2n) is 8.26. The SMILES string of the molecule is Cc1ccc2c(c1)C(=O)N(CCC(=O)NCc1ccccc1N1CCN(C)CC1)C2=O. The highest BCUT2D eigenvalue weighted by Crippen LogP contribution is 2.24. The van der Waals surface area contributed by atoms with Crippen molar-refractivity contribution in [3.63, 3.8) is 0 Å². The lowest BCUT2D eigenvalue weighted by atomic mass is 10.1. The zero-order valence-electron chi connectivity index (χ0n) is 18.1. The summed E-state index contributed by atoms with van der Waals surface area (Å²) in [5.74, 6) is -0.828. The van der Waals surface area contributed by atoms with Crippen molar-refractivity contribution < 1.29 is 14.4 Å². The van der Waals surface area contributed by atoms with Gasteiger partial charge in [-0.3, -0.25) is 19.3 Å². The number of nitrogens with one attached hydrogen (secondary N) is 1. The number of benzene rings is 2. The molecule has 2 aliphatic heterocycles. The van der Waals surface area contributed by atoms with Crippen LogP contribution in [0.1, 0.15) is 38.3 Å². The van der Waals surface area contributed by atoms with Crippen molar-refractivity contribution in [1.82, 2.24) is 15.1 Å². The summed E-state index contributed by atoms with van der Waals surface area (Å²) >= 11 is 0. The van der Waals surface area contributed by atoms with E-state index in [4.69, 9.17) is 0 Å². The third-order valence-electron chi connectivity index (χ3n) is 6.00. The molecular formula is C24H28N4O3. The van der Waals surface area contributed by atoms with Gasteiger partial charge in [-0.05, 0) is 37.7 Å². The van der Waals surface area contributed by atoms with Crippen LogP contribution in [0.2, 0.25) is 0 Å². The number of carbonyl (C=O) groups is 3. The molecule has 1 N–H and O–H groups in total. The summed E-state index contributed by atoms with van der Waals surface area (Å²) in [6.45, 7) is 6.33. The fourth-order valence-corrected chi connectivity index (χ4v) is 4.12. The second-order valence-corrected chi connectivity index (χ2v) is 8.26. The number of carbonyl (C=O) groups excluding carboxylic acids is 3. The molecular weight excluding hydrogens is 392 g/mol. The highest BCUT2D eigenvalue weighted by Gasteiger charge is 2.35. The number of anilines is 1. The molecule has 7 heteroatoms. The van der Waals surface area contributed by atoms with Gasteiger partial charge in [0.05, 0.1) is 11.1 Å². The van der Waals surface area contributed by atoms with E-state index in [0.29, 0.717) is 17.7 Å². The summed E-state index contributed by atoms with van der Waals surface area (Å²) in [7, 11) is 2.12. The molecule has 0 spiro atoms. The van der Waals surface area contributed by atoms with Gasteiger partial charge in [-0.25, -0.2) is 0 Å². The first-order valence-electron chi connectivity index (χ1n) is 10.7. The average Bonchev–Trinajstić information content (AvgIpc) is 3.00. The van der Waals surface area contributed by atoms with E-state index in [1.807, 2.05) is 31.2 Å². The average molecular weight is 421 g/mol. The maximum Gasteiger partial charge on any atom is 0.261 e. The quantitative estimate of drug-likeness (QED) is 0.724. The fraction of sp³-hybridized carbons (Fsp3) is 0.375. The van der Waals surface area contributed by atoms with Crippen LogP contribution in [0.4, 0.5) is 5.69 Å². The Labute approximate surface area is 182 Å². The lowest BCUT2D eigenvalue weighted by Crippen LogP contribution is -2.45. The van der Waals surface area contributed by atoms with E-state index in [9.17, 15) is 14.4 Å². The molecule has 1 saturated heterocycles. The summed E-state index contributed by atoms with van der Waals surface area (Å²) in [6, 6.07) is 13.3. The molecule has 3 amide bonds. The number of nitrogens with zero attached hydrogens (tertiary/aromatic N) is 3. The molecule has 2 aromatic rings. The number of para-hydroxylation sites is 1. The Kier molecular flexibility index (Phi) is 6.04. The Morgan fingerprint density at radius 3 is 2.45 bits per heavy atom. The van der Waals surface area contributed by atoms with Crippen LogP contribution in [-0.2, 0) is 11.3 Å². The number of likely N-dealkylation sites (N-methyl/N-ethyl adjacent to an activating group) is 1. The number of hydrogen-bond donors (Lipinski definition) is 1. The van der Waals surface area contributed by atoms with Gasteiger partial charge in [0.15, 0.2) is 0 Å². The summed E-state index contributed by atoms with van der Waals surface area (Å²) in [4.78, 5) is 43.4. The van der Waals surface area contributed by atoms with Crippen molar-refractivity contribution in [2.75, 3.05) is 44.7 Å². The lowest BCUT2D eigenvalue weighted by Gasteiger charge is -2.35. The monoisotopic (exact) mass is 420 g/mol. The first-order chi connectivity index (χ1) is 14.9. The Hall–Kier alpha value is -3.19. The van der Waals surface area contributed by atoms with E-state index in [0.717, 1.165) is 43.0 Å². The largest absolute Gasteiger partial charge is 0.369 e. The minimum absolute atomic E-state index is 0.0807. The maximum absolute atomic E-state index is 12.6. The van der Waals surface area contributed by atoms with E-state index in [1.54, 1.807) is 12.1 Å². The third kappa shape index (κ3) is 4.46. The number of piperazine rings is 1. The molecule has 0 aliphatic carbocycles. The normalized spacial score (nSPS) is 16.6. The predicted molar refractivity (Wildman–Crippen MR) is 119 cm³/mol. The molecule has 2 heterocycles. The molecule has 0 atom stereocenters. The maximum atomic E-state index is 12.6. The van der Waals surface area contributed by atoms with Gasteiger partial charge >= 0.3 is 0 Å². The van der Waals surface area contributed by atoms with Gasteiger partial charge in [-0.15, -0.1) is 0 Å². The molecule has 0 bridgehead atoms. The van der Waals surface area contributed by atoms with Gasteiger partial charge in [-0.1, -0.05) is 29.8 Å². The summed E-state index contributed by atoms with van der Waals surface area (Å²) < 4.78 is 0. The molecule has 0 unspecified atom stereocenters. The number of fused-ring (bicyclic) bond motifs is 1. The number of imide groups is 1. The van der Waals surface area contributed by atoms with E-state index < -0.39 is 0 Å². The molecule has 4 rings (SSSR count). The predicted octanol–water partition coefficient (Wildman–Crippen LogP) is 2.05. The highest BCUT2D eigenvalue weighted by atomic mass is 16.2. The van der Waals surface area contributed by atoms with Gasteiger partial charge in [0.1, 0.15) is 0 Å². The minimum Gasteiger partial charge on any atom is -0.369 e. The topological polar surface area (TPSA) is 73.0 Å². The first-order valence-corrected chi connectivity index (χ1v) is 10.7. The van der Waals surface area contributed by atoms with E-state index in [1.165, 1.54) is 4.90 Å². The molecule has 2 aromatic carbocycles. The molecule has 0 radical (unpaired) electrons. The molecule has 0 saturated carbocycles. The van der Waals surface area contributed by atoms with Crippen molar-refractivity contribution in [2.24, 2.45) is 0 Å². The van der Waals surface area contributed by atoms with E-state index in [2.05, 4.69) is 28.2 Å². The standard InChI is InChI=1S/C24H28N4O3/c1-17-7-8-19-20(15-17)24(31)28(23(19)30)10-9-22(29)25-16-18-5-3-4-6-21(18)27-13-11-26(2)12-14-27/h3-8,15H,9-14,16H2,1-2H3,(H,25,29). The lowest BCUT2D eigenvalue weighted by molar-refractivity contribution is -0.121. The number of amides is 3. The molecule has 0 aromatic heterocycles. The number of hydrogen-bond acceptors (Lipinski definition) is 5. The number of aryl methyl sites for hydroxylation is 1. The van der Waals surface area contributed by atoms with Crippen molar-refractivity contribution in [1.29, 1.82) is 0 Å². The second kappa shape index (κ2) is 8.89. The Balaban J connectivity index is 1.33. The summed E-state index contributed by atoms with van der Waals surface area (Å²) in [5, 5.41) is 2.95. The van der Waals surface area contributed by atoms with Crippen LogP contribution in [-0.4, -0.2) is 67.3 Å². The van der Waals surface area contributed by atoms with Crippen LogP contribution in [0.5, 0.6) is 0 Å². The van der Waals surface area contributed by atoms with Crippen LogP contribution in [0.15, 0.2) is 42.5 Å². The van der Waals surface area contributed by atoms with Crippen LogP contribution in [0.25, 0.3) is 0 Å². The summed E-state index contributed by atoms with van der Waals surface area (Å²) in [5.41, 5.74) is 3.98. The zero-order valence-corrected chi connectivity index (χ0v) is 18.1. The molecule has 1 fully saturated rings. The van der Waals surface area contributed by atoms with Gasteiger partial charge in [-0.2, -0.15) is 0 Å². The molecule has 2 aliphatic rings. The van der Waals surface area contributed by atoms with Gasteiger partial charge in [0.25, 0.3) is 11.8 Å². The summed E-state index contributed by atoms with van der Waals surface area (Å²) in [6.07, 6.45) is 0.0845. The van der Waals surface area contributed by atoms with Crippen LogP contribution in [0.3, 0.4) is 0 Å². The van der Waals surface area contributed by atoms with Gasteiger partial charge in [0.2, 0.25) is 5.91 Å². The van der Waals surface area contributed by atoms with E-state index >= 15 is 0 Å². The molecule has 31 heavy (non-hydrogen) atoms. The Morgan fingerprint density at radius 2 is 1.68 bits per heavy atom. The van der Waals surface area contributed by atoms with Gasteiger partial charge in [0, 0.05) is 51.4 Å². The smallest absolute Gasteiger partial charge is 0.261 e. The first kappa shape index (κ1) is 21.1. The van der Waals surface area contributed by atoms with E-state index in [-0.39, 0.29) is 30.7 Å². The fourth-order valence-electron chi connectivity index (χ4n) is 4.12. The number of rotatable bonds is 6. The van der Waals surface area contributed by atoms with Crippen molar-refractivity contribution in [3.05, 3.63) is 64.7 Å². The van der Waals surface area contributed by atoms with Crippen molar-refractivity contribution in [2.45, 2.75) is 19.9 Å². The Bertz CT molecular complexity index is 1010. The van der Waals surface area contributed by atoms with Crippen LogP contribution >= 0.6 is 0 Å². The van der Waals surface area contributed by atoms with Crippen molar-refractivity contribution in [3.8, 4) is 0 Å². The molecule has 7 nitrogen and oxygen atoms in total. The van der Waals surface area contributed by atoms with Crippen molar-refractivity contribution >= 4 is 23.4 Å². The highest BCUT2D eigenvalue weighted by molar-refractivity contribution is 6.21. The molecule has 162 valence electrons. The Morgan fingerprint density at radius 1 is 0.968 bits per heavy atom. The van der Waals surface area contributed by atoms with Crippen LogP contribution in [0, 0.1) is 6.92 Å².